The second-order valence-electron chi connectivity index (χ2n) is 3.30. The molecule has 0 aliphatic carbocycles. The molecule has 2 rings (SSSR count). The molecule has 0 aromatic carbocycles. The highest BCUT2D eigenvalue weighted by atomic mass is 35.5. The Bertz CT molecular complexity index is 334. The Morgan fingerprint density at radius 2 is 2.29 bits per heavy atom. The first-order valence-corrected chi connectivity index (χ1v) is 6.12. The Kier molecular flexibility index (Phi) is 3.13. The van der Waals surface area contributed by atoms with E-state index in [1.165, 1.54) is 6.20 Å². The molecule has 3 nitrogen and oxygen atoms in total. The molecule has 0 bridgehead atoms. The Morgan fingerprint density at radius 3 is 2.86 bits per heavy atom. The maximum atomic E-state index is 10.6. The standard InChI is InChI=1S/C9H11ClN2OS/c10-9-7(6-13)5-11-12(9)8-1-3-14-4-2-8/h5-6,8H,1-4H2. The van der Waals surface area contributed by atoms with Gasteiger partial charge in [-0.2, -0.15) is 16.9 Å². The van der Waals surface area contributed by atoms with Crippen molar-refractivity contribution in [3.63, 3.8) is 0 Å². The van der Waals surface area contributed by atoms with Crippen LogP contribution < -0.4 is 0 Å². The Morgan fingerprint density at radius 1 is 1.57 bits per heavy atom. The number of aromatic nitrogens is 2. The first-order chi connectivity index (χ1) is 6.83. The zero-order chi connectivity index (χ0) is 9.97. The van der Waals surface area contributed by atoms with Crippen molar-refractivity contribution in [2.75, 3.05) is 11.5 Å². The van der Waals surface area contributed by atoms with Crippen LogP contribution in [0.5, 0.6) is 0 Å². The van der Waals surface area contributed by atoms with Crippen LogP contribution in [0, 0.1) is 0 Å². The SMILES string of the molecule is O=Cc1cnn(C2CCSCC2)c1Cl. The predicted octanol–water partition coefficient (Wildman–Crippen LogP) is 2.42. The summed E-state index contributed by atoms with van der Waals surface area (Å²) in [6.45, 7) is 0. The normalized spacial score (nSPS) is 18.4. The third-order valence-electron chi connectivity index (χ3n) is 2.42. The summed E-state index contributed by atoms with van der Waals surface area (Å²) in [5.74, 6) is 2.30. The summed E-state index contributed by atoms with van der Waals surface area (Å²) in [7, 11) is 0. The van der Waals surface area contributed by atoms with Gasteiger partial charge < -0.3 is 0 Å². The molecular formula is C9H11ClN2OS. The summed E-state index contributed by atoms with van der Waals surface area (Å²) in [6.07, 6.45) is 4.47. The molecule has 1 fully saturated rings. The lowest BCUT2D eigenvalue weighted by molar-refractivity contribution is 0.112. The van der Waals surface area contributed by atoms with E-state index in [1.807, 2.05) is 11.8 Å². The van der Waals surface area contributed by atoms with Crippen LogP contribution in [-0.2, 0) is 0 Å². The number of aldehydes is 1. The minimum atomic E-state index is 0.373. The molecule has 1 aliphatic heterocycles. The average Bonchev–Trinajstić information content (AvgIpc) is 2.61. The minimum absolute atomic E-state index is 0.373. The van der Waals surface area contributed by atoms with Crippen molar-refractivity contribution in [1.82, 2.24) is 9.78 Å². The number of halogens is 1. The fraction of sp³-hybridized carbons (Fsp3) is 0.556. The maximum Gasteiger partial charge on any atom is 0.154 e. The van der Waals surface area contributed by atoms with Crippen molar-refractivity contribution in [3.05, 3.63) is 16.9 Å². The smallest absolute Gasteiger partial charge is 0.154 e. The zero-order valence-corrected chi connectivity index (χ0v) is 9.22. The predicted molar refractivity (Wildman–Crippen MR) is 58.2 cm³/mol. The number of nitrogens with zero attached hydrogens (tertiary/aromatic N) is 2. The summed E-state index contributed by atoms with van der Waals surface area (Å²) in [5.41, 5.74) is 0.491. The first kappa shape index (κ1) is 10.1. The molecule has 0 amide bonds. The van der Waals surface area contributed by atoms with E-state index in [0.717, 1.165) is 30.6 Å². The average molecular weight is 231 g/mol. The van der Waals surface area contributed by atoms with Gasteiger partial charge in [0.1, 0.15) is 5.15 Å². The topological polar surface area (TPSA) is 34.9 Å². The van der Waals surface area contributed by atoms with Crippen LogP contribution in [0.2, 0.25) is 5.15 Å². The van der Waals surface area contributed by atoms with Gasteiger partial charge in [-0.05, 0) is 24.3 Å². The van der Waals surface area contributed by atoms with E-state index in [0.29, 0.717) is 16.8 Å². The van der Waals surface area contributed by atoms with Crippen molar-refractivity contribution in [2.24, 2.45) is 0 Å². The molecule has 0 N–H and O–H groups in total. The lowest BCUT2D eigenvalue weighted by Gasteiger charge is -2.22. The summed E-state index contributed by atoms with van der Waals surface area (Å²) in [6, 6.07) is 0.373. The quantitative estimate of drug-likeness (QED) is 0.732. The lowest BCUT2D eigenvalue weighted by atomic mass is 10.2. The van der Waals surface area contributed by atoms with Crippen LogP contribution in [0.25, 0.3) is 0 Å². The minimum Gasteiger partial charge on any atom is -0.298 e. The van der Waals surface area contributed by atoms with Gasteiger partial charge >= 0.3 is 0 Å². The fourth-order valence-electron chi connectivity index (χ4n) is 1.62. The van der Waals surface area contributed by atoms with Crippen molar-refractivity contribution >= 4 is 29.6 Å². The van der Waals surface area contributed by atoms with E-state index < -0.39 is 0 Å². The Labute approximate surface area is 91.8 Å². The molecule has 1 aliphatic rings. The van der Waals surface area contributed by atoms with Crippen LogP contribution in [0.1, 0.15) is 29.2 Å². The van der Waals surface area contributed by atoms with Gasteiger partial charge in [-0.3, -0.25) is 9.48 Å². The molecule has 14 heavy (non-hydrogen) atoms. The number of hydrogen-bond acceptors (Lipinski definition) is 3. The summed E-state index contributed by atoms with van der Waals surface area (Å²) >= 11 is 7.98. The highest BCUT2D eigenvalue weighted by molar-refractivity contribution is 7.99. The van der Waals surface area contributed by atoms with Gasteiger partial charge in [0, 0.05) is 0 Å². The van der Waals surface area contributed by atoms with E-state index in [-0.39, 0.29) is 0 Å². The third-order valence-corrected chi connectivity index (χ3v) is 3.86. The number of carbonyl (C=O) groups excluding carboxylic acids is 1. The maximum absolute atomic E-state index is 10.6. The van der Waals surface area contributed by atoms with Crippen LogP contribution >= 0.6 is 23.4 Å². The number of thioether (sulfide) groups is 1. The molecule has 5 heteroatoms. The number of carbonyl (C=O) groups is 1. The number of rotatable bonds is 2. The third kappa shape index (κ3) is 1.81. The molecule has 0 radical (unpaired) electrons. The van der Waals surface area contributed by atoms with Crippen LogP contribution in [0.15, 0.2) is 6.20 Å². The van der Waals surface area contributed by atoms with Crippen molar-refractivity contribution in [2.45, 2.75) is 18.9 Å². The molecule has 2 heterocycles. The van der Waals surface area contributed by atoms with Crippen molar-refractivity contribution < 1.29 is 4.79 Å². The van der Waals surface area contributed by atoms with Crippen LogP contribution in [-0.4, -0.2) is 27.6 Å². The number of hydrogen-bond donors (Lipinski definition) is 0. The second-order valence-corrected chi connectivity index (χ2v) is 4.88. The van der Waals surface area contributed by atoms with Gasteiger partial charge in [0.25, 0.3) is 0 Å². The molecule has 0 saturated carbocycles. The van der Waals surface area contributed by atoms with Gasteiger partial charge in [-0.25, -0.2) is 0 Å². The van der Waals surface area contributed by atoms with Crippen LogP contribution in [0.3, 0.4) is 0 Å². The van der Waals surface area contributed by atoms with Gasteiger partial charge in [-0.15, -0.1) is 0 Å². The van der Waals surface area contributed by atoms with E-state index >= 15 is 0 Å². The molecule has 0 atom stereocenters. The zero-order valence-electron chi connectivity index (χ0n) is 7.65. The molecule has 1 aromatic rings. The molecule has 0 spiro atoms. The van der Waals surface area contributed by atoms with Gasteiger partial charge in [0.05, 0.1) is 17.8 Å². The first-order valence-electron chi connectivity index (χ1n) is 4.59. The monoisotopic (exact) mass is 230 g/mol. The molecule has 1 aromatic heterocycles. The van der Waals surface area contributed by atoms with E-state index in [2.05, 4.69) is 5.10 Å². The summed E-state index contributed by atoms with van der Waals surface area (Å²) < 4.78 is 1.78. The van der Waals surface area contributed by atoms with Gasteiger partial charge in [-0.1, -0.05) is 11.6 Å². The van der Waals surface area contributed by atoms with Crippen molar-refractivity contribution in [1.29, 1.82) is 0 Å². The van der Waals surface area contributed by atoms with Gasteiger partial charge in [0.15, 0.2) is 6.29 Å². The molecular weight excluding hydrogens is 220 g/mol. The fourth-order valence-corrected chi connectivity index (χ4v) is 2.98. The summed E-state index contributed by atoms with van der Waals surface area (Å²) in [4.78, 5) is 10.6. The van der Waals surface area contributed by atoms with E-state index in [4.69, 9.17) is 11.6 Å². The van der Waals surface area contributed by atoms with E-state index in [9.17, 15) is 4.79 Å². The molecule has 1 saturated heterocycles. The van der Waals surface area contributed by atoms with Crippen molar-refractivity contribution in [3.8, 4) is 0 Å². The summed E-state index contributed by atoms with van der Waals surface area (Å²) in [5, 5.41) is 4.64. The Balaban J connectivity index is 2.22. The highest BCUT2D eigenvalue weighted by Crippen LogP contribution is 2.29. The molecule has 76 valence electrons. The Hall–Kier alpha value is -0.480. The lowest BCUT2D eigenvalue weighted by Crippen LogP contribution is -2.16. The molecule has 0 unspecified atom stereocenters. The van der Waals surface area contributed by atoms with Crippen LogP contribution in [0.4, 0.5) is 0 Å². The van der Waals surface area contributed by atoms with E-state index in [1.54, 1.807) is 4.68 Å². The largest absolute Gasteiger partial charge is 0.298 e. The second kappa shape index (κ2) is 4.36. The highest BCUT2D eigenvalue weighted by Gasteiger charge is 2.19. The van der Waals surface area contributed by atoms with Gasteiger partial charge in [0.2, 0.25) is 0 Å².